The Morgan fingerprint density at radius 1 is 0.840 bits per heavy atom. The summed E-state index contributed by atoms with van der Waals surface area (Å²) in [5, 5.41) is 3.06. The maximum absolute atomic E-state index is 14.2. The van der Waals surface area contributed by atoms with Crippen LogP contribution in [0.25, 0.3) is 11.0 Å². The van der Waals surface area contributed by atoms with E-state index in [9.17, 15) is 19.2 Å². The first-order valence-electron chi connectivity index (χ1n) is 18.5. The fraction of sp³-hybridized carbons (Fsp3) is 0.579. The van der Waals surface area contributed by atoms with Crippen molar-refractivity contribution in [2.45, 2.75) is 82.9 Å². The van der Waals surface area contributed by atoms with Crippen LogP contribution in [0.4, 0.5) is 15.3 Å². The highest BCUT2D eigenvalue weighted by Crippen LogP contribution is 2.27. The molecule has 50 heavy (non-hydrogen) atoms. The van der Waals surface area contributed by atoms with E-state index in [4.69, 9.17) is 4.74 Å². The number of amides is 4. The number of piperidine rings is 1. The van der Waals surface area contributed by atoms with E-state index < -0.39 is 12.2 Å². The fourth-order valence-electron chi connectivity index (χ4n) is 8.71. The Bertz CT molecular complexity index is 1790. The van der Waals surface area contributed by atoms with Crippen LogP contribution in [0.3, 0.4) is 0 Å². The first-order valence-corrected chi connectivity index (χ1v) is 18.5. The zero-order valence-electron chi connectivity index (χ0n) is 29.7. The number of fused-ring (bicyclic) bond motifs is 2. The molecule has 4 aliphatic rings. The molecular formula is C38H51N7O5. The highest BCUT2D eigenvalue weighted by molar-refractivity contribution is 5.91. The molecule has 0 bridgehead atoms. The van der Waals surface area contributed by atoms with Crippen molar-refractivity contribution in [1.29, 1.82) is 0 Å². The Labute approximate surface area is 293 Å². The number of nitrogens with zero attached hydrogens (tertiary/aromatic N) is 6. The number of likely N-dealkylation sites (tertiary alicyclic amines) is 1. The number of ether oxygens (including phenoxy) is 1. The van der Waals surface area contributed by atoms with Crippen molar-refractivity contribution >= 4 is 34.8 Å². The molecule has 2 saturated heterocycles. The summed E-state index contributed by atoms with van der Waals surface area (Å²) in [6, 6.07) is 12.3. The largest absolute Gasteiger partial charge is 0.436 e. The van der Waals surface area contributed by atoms with Crippen LogP contribution in [-0.4, -0.2) is 111 Å². The Hall–Kier alpha value is -4.32. The van der Waals surface area contributed by atoms with Gasteiger partial charge in [-0.1, -0.05) is 43.5 Å². The molecule has 4 heterocycles. The van der Waals surface area contributed by atoms with E-state index in [1.54, 1.807) is 28.1 Å². The molecule has 0 spiro atoms. The Morgan fingerprint density at radius 2 is 1.56 bits per heavy atom. The summed E-state index contributed by atoms with van der Waals surface area (Å²) in [4.78, 5) is 61.8. The van der Waals surface area contributed by atoms with E-state index in [-0.39, 0.29) is 30.1 Å². The summed E-state index contributed by atoms with van der Waals surface area (Å²) < 4.78 is 9.40. The number of para-hydroxylation sites is 1. The Kier molecular flexibility index (Phi) is 9.90. The number of rotatable bonds is 6. The van der Waals surface area contributed by atoms with Gasteiger partial charge in [0, 0.05) is 84.1 Å². The minimum absolute atomic E-state index is 0.0125. The van der Waals surface area contributed by atoms with Crippen LogP contribution < -0.4 is 11.0 Å². The standard InChI is InChI=1S/C38H51N7O5/c1-26-23-27(24-32-34(26)41(3)37(48)40(32)2)25-33(35(46)43-21-19-42(20-22-43)29-10-5-4-6-11-29)50-38(49)44-16-14-30(15-17-44)45-18-13-28-9-7-8-12-31(28)39-36(45)47/h7-9,12,23-24,29-30,33H,4-6,10-11,13-22,25H2,1-3H3,(H,39,47)/t33-/m1/s1. The third-order valence-electron chi connectivity index (χ3n) is 11.6. The van der Waals surface area contributed by atoms with E-state index in [2.05, 4.69) is 10.2 Å². The molecule has 1 aromatic heterocycles. The van der Waals surface area contributed by atoms with Crippen molar-refractivity contribution in [2.24, 2.45) is 14.1 Å². The zero-order valence-corrected chi connectivity index (χ0v) is 29.7. The van der Waals surface area contributed by atoms with E-state index in [0.29, 0.717) is 51.6 Å². The smallest absolute Gasteiger partial charge is 0.410 e. The molecule has 12 heteroatoms. The van der Waals surface area contributed by atoms with Crippen molar-refractivity contribution in [2.75, 3.05) is 51.1 Å². The van der Waals surface area contributed by atoms with Crippen LogP contribution >= 0.6 is 0 Å². The summed E-state index contributed by atoms with van der Waals surface area (Å²) >= 11 is 0. The predicted octanol–water partition coefficient (Wildman–Crippen LogP) is 4.26. The van der Waals surface area contributed by atoms with Crippen LogP contribution in [0, 0.1) is 6.92 Å². The highest BCUT2D eigenvalue weighted by atomic mass is 16.6. The van der Waals surface area contributed by atoms with E-state index in [1.165, 1.54) is 32.1 Å². The van der Waals surface area contributed by atoms with Gasteiger partial charge >= 0.3 is 17.8 Å². The average Bonchev–Trinajstić information content (AvgIpc) is 3.25. The first kappa shape index (κ1) is 34.1. The molecule has 4 amide bonds. The first-order chi connectivity index (χ1) is 24.2. The zero-order chi connectivity index (χ0) is 34.9. The summed E-state index contributed by atoms with van der Waals surface area (Å²) in [5.41, 5.74) is 5.28. The second kappa shape index (κ2) is 14.5. The molecular weight excluding hydrogens is 634 g/mol. The molecule has 3 aromatic rings. The predicted molar refractivity (Wildman–Crippen MR) is 192 cm³/mol. The second-order valence-electron chi connectivity index (χ2n) is 14.7. The monoisotopic (exact) mass is 685 g/mol. The van der Waals surface area contributed by atoms with Gasteiger partial charge in [-0.2, -0.15) is 0 Å². The van der Waals surface area contributed by atoms with Gasteiger partial charge in [0.15, 0.2) is 6.10 Å². The Morgan fingerprint density at radius 3 is 2.30 bits per heavy atom. The van der Waals surface area contributed by atoms with Gasteiger partial charge in [0.05, 0.1) is 11.0 Å². The summed E-state index contributed by atoms with van der Waals surface area (Å²) in [5.74, 6) is -0.169. The lowest BCUT2D eigenvalue weighted by atomic mass is 9.94. The number of imidazole rings is 1. The number of hydrogen-bond acceptors (Lipinski definition) is 6. The number of piperazine rings is 1. The van der Waals surface area contributed by atoms with Crippen LogP contribution in [0.15, 0.2) is 41.2 Å². The molecule has 1 N–H and O–H groups in total. The molecule has 12 nitrogen and oxygen atoms in total. The molecule has 3 fully saturated rings. The van der Waals surface area contributed by atoms with E-state index >= 15 is 0 Å². The number of carbonyl (C=O) groups is 3. The molecule has 7 rings (SSSR count). The summed E-state index contributed by atoms with van der Waals surface area (Å²) in [6.07, 6.45) is 7.09. The van der Waals surface area contributed by atoms with Crippen LogP contribution in [0.1, 0.15) is 61.6 Å². The lowest BCUT2D eigenvalue weighted by molar-refractivity contribution is -0.143. The van der Waals surface area contributed by atoms with Crippen molar-refractivity contribution in [3.05, 3.63) is 63.6 Å². The topological polar surface area (TPSA) is 112 Å². The molecule has 1 atom stereocenters. The molecule has 1 aliphatic carbocycles. The van der Waals surface area contributed by atoms with Crippen LogP contribution in [0.2, 0.25) is 0 Å². The minimum Gasteiger partial charge on any atom is -0.436 e. The lowest BCUT2D eigenvalue weighted by Crippen LogP contribution is -2.55. The van der Waals surface area contributed by atoms with Crippen molar-refractivity contribution in [3.8, 4) is 0 Å². The van der Waals surface area contributed by atoms with E-state index in [0.717, 1.165) is 52.9 Å². The number of aryl methyl sites for hydroxylation is 3. The number of benzene rings is 2. The number of hydrogen-bond donors (Lipinski definition) is 1. The number of anilines is 1. The number of aromatic nitrogens is 2. The Balaban J connectivity index is 1.04. The molecule has 0 radical (unpaired) electrons. The molecule has 268 valence electrons. The maximum atomic E-state index is 14.2. The van der Waals surface area contributed by atoms with Gasteiger partial charge in [-0.25, -0.2) is 14.4 Å². The van der Waals surface area contributed by atoms with Crippen molar-refractivity contribution < 1.29 is 19.1 Å². The van der Waals surface area contributed by atoms with Gasteiger partial charge in [-0.05, 0) is 67.9 Å². The van der Waals surface area contributed by atoms with Gasteiger partial charge in [0.1, 0.15) is 0 Å². The van der Waals surface area contributed by atoms with Crippen LogP contribution in [-0.2, 0) is 36.5 Å². The SMILES string of the molecule is Cc1cc(C[C@@H](OC(=O)N2CCC(N3CCc4ccccc4NC3=O)CC2)C(=O)N2CCN(C3CCCCC3)CC2)cc2c1n(C)c(=O)n2C. The lowest BCUT2D eigenvalue weighted by Gasteiger charge is -2.41. The van der Waals surface area contributed by atoms with Gasteiger partial charge in [-0.15, -0.1) is 0 Å². The van der Waals surface area contributed by atoms with E-state index in [1.807, 2.05) is 53.1 Å². The fourth-order valence-corrected chi connectivity index (χ4v) is 8.71. The van der Waals surface area contributed by atoms with Crippen molar-refractivity contribution in [1.82, 2.24) is 28.7 Å². The molecule has 3 aliphatic heterocycles. The maximum Gasteiger partial charge on any atom is 0.410 e. The molecule has 2 aromatic carbocycles. The minimum atomic E-state index is -0.992. The number of urea groups is 1. The van der Waals surface area contributed by atoms with Gasteiger partial charge < -0.3 is 24.8 Å². The summed E-state index contributed by atoms with van der Waals surface area (Å²) in [7, 11) is 3.51. The molecule has 0 unspecified atom stereocenters. The highest BCUT2D eigenvalue weighted by Gasteiger charge is 2.36. The number of nitrogens with one attached hydrogen (secondary N) is 1. The number of carbonyl (C=O) groups excluding carboxylic acids is 3. The quantitative estimate of drug-likeness (QED) is 0.415. The van der Waals surface area contributed by atoms with Gasteiger partial charge in [0.25, 0.3) is 5.91 Å². The third-order valence-corrected chi connectivity index (χ3v) is 11.6. The average molecular weight is 686 g/mol. The van der Waals surface area contributed by atoms with Gasteiger partial charge in [0.2, 0.25) is 0 Å². The third kappa shape index (κ3) is 6.86. The van der Waals surface area contributed by atoms with Gasteiger partial charge in [-0.3, -0.25) is 18.8 Å². The van der Waals surface area contributed by atoms with Crippen molar-refractivity contribution in [3.63, 3.8) is 0 Å². The molecule has 1 saturated carbocycles. The normalized spacial score (nSPS) is 20.4. The summed E-state index contributed by atoms with van der Waals surface area (Å²) in [6.45, 7) is 6.36. The van der Waals surface area contributed by atoms with Crippen LogP contribution in [0.5, 0.6) is 0 Å². The second-order valence-corrected chi connectivity index (χ2v) is 14.7.